The zero-order valence-electron chi connectivity index (χ0n) is 8.26. The Kier molecular flexibility index (Phi) is 7.18. The molecule has 68 valence electrons. The predicted octanol–water partition coefficient (Wildman–Crippen LogP) is 2.47. The molecule has 0 radical (unpaired) electrons. The molecule has 0 rings (SSSR count). The molecule has 0 heterocycles. The maximum atomic E-state index is 2.51. The van der Waals surface area contributed by atoms with Crippen LogP contribution in [0.4, 0.5) is 0 Å². The van der Waals surface area contributed by atoms with Gasteiger partial charge in [0.15, 0.2) is 0 Å². The Balaban J connectivity index is 3.36. The van der Waals surface area contributed by atoms with Crippen molar-refractivity contribution in [2.45, 2.75) is 33.2 Å². The summed E-state index contributed by atoms with van der Waals surface area (Å²) in [5, 5.41) is 0. The Morgan fingerprint density at radius 1 is 1.36 bits per heavy atom. The Labute approximate surface area is 75.5 Å². The molecule has 0 unspecified atom stereocenters. The van der Waals surface area contributed by atoms with Gasteiger partial charge in [0.1, 0.15) is 0 Å². The van der Waals surface area contributed by atoms with Gasteiger partial charge in [-0.15, -0.1) is 0 Å². The van der Waals surface area contributed by atoms with Crippen LogP contribution in [0, 0.1) is 0 Å². The van der Waals surface area contributed by atoms with Gasteiger partial charge in [-0.3, -0.25) is 0 Å². The van der Waals surface area contributed by atoms with Crippen LogP contribution in [0.25, 0.3) is 0 Å². The van der Waals surface area contributed by atoms with Crippen LogP contribution >= 0.6 is 11.8 Å². The number of rotatable bonds is 6. The van der Waals surface area contributed by atoms with Crippen molar-refractivity contribution in [2.75, 3.05) is 25.1 Å². The third-order valence-electron chi connectivity index (χ3n) is 1.93. The third-order valence-corrected chi connectivity index (χ3v) is 2.63. The van der Waals surface area contributed by atoms with E-state index in [0.29, 0.717) is 6.04 Å². The fraction of sp³-hybridized carbons (Fsp3) is 1.00. The largest absolute Gasteiger partial charge is 0.301 e. The maximum Gasteiger partial charge on any atom is 0.00384 e. The van der Waals surface area contributed by atoms with Gasteiger partial charge in [0.2, 0.25) is 0 Å². The normalized spacial score (nSPS) is 11.5. The summed E-state index contributed by atoms with van der Waals surface area (Å²) in [5.74, 6) is 1.29. The highest BCUT2D eigenvalue weighted by Gasteiger charge is 2.04. The van der Waals surface area contributed by atoms with E-state index in [4.69, 9.17) is 0 Å². The van der Waals surface area contributed by atoms with Gasteiger partial charge in [-0.2, -0.15) is 11.8 Å². The lowest BCUT2D eigenvalue weighted by Crippen LogP contribution is -2.31. The summed E-state index contributed by atoms with van der Waals surface area (Å²) in [6.07, 6.45) is 3.50. The number of hydrogen-bond donors (Lipinski definition) is 0. The highest BCUT2D eigenvalue weighted by molar-refractivity contribution is 7.98. The molecule has 0 bridgehead atoms. The second-order valence-electron chi connectivity index (χ2n) is 3.07. The van der Waals surface area contributed by atoms with Crippen LogP contribution in [-0.2, 0) is 0 Å². The maximum absolute atomic E-state index is 2.51. The Bertz CT molecular complexity index is 83.6. The molecular formula is C9H21NS. The molecule has 0 atom stereocenters. The minimum Gasteiger partial charge on any atom is -0.301 e. The van der Waals surface area contributed by atoms with Crippen molar-refractivity contribution in [2.24, 2.45) is 0 Å². The lowest BCUT2D eigenvalue weighted by Gasteiger charge is -2.24. The fourth-order valence-electron chi connectivity index (χ4n) is 1.19. The summed E-state index contributed by atoms with van der Waals surface area (Å²) in [6, 6.07) is 0.710. The molecule has 0 saturated carbocycles. The van der Waals surface area contributed by atoms with Gasteiger partial charge in [0.05, 0.1) is 0 Å². The molecule has 0 aromatic heterocycles. The van der Waals surface area contributed by atoms with Crippen molar-refractivity contribution >= 4 is 11.8 Å². The van der Waals surface area contributed by atoms with E-state index in [1.54, 1.807) is 0 Å². The predicted molar refractivity (Wildman–Crippen MR) is 55.4 cm³/mol. The van der Waals surface area contributed by atoms with Gasteiger partial charge in [0.25, 0.3) is 0 Å². The summed E-state index contributed by atoms with van der Waals surface area (Å²) in [4.78, 5) is 2.51. The van der Waals surface area contributed by atoms with Gasteiger partial charge < -0.3 is 4.90 Å². The van der Waals surface area contributed by atoms with Crippen LogP contribution in [0.1, 0.15) is 27.2 Å². The van der Waals surface area contributed by atoms with E-state index < -0.39 is 0 Å². The standard InChI is InChI=1S/C9H21NS/c1-5-10(9(2)3)7-6-8-11-4/h9H,5-8H2,1-4H3. The molecule has 0 amide bonds. The molecule has 0 spiro atoms. The van der Waals surface area contributed by atoms with Crippen molar-refractivity contribution in [3.63, 3.8) is 0 Å². The molecule has 11 heavy (non-hydrogen) atoms. The average Bonchev–Trinajstić information content (AvgIpc) is 1.97. The van der Waals surface area contributed by atoms with Crippen molar-refractivity contribution in [1.29, 1.82) is 0 Å². The van der Waals surface area contributed by atoms with Crippen LogP contribution in [-0.4, -0.2) is 36.0 Å². The quantitative estimate of drug-likeness (QED) is 0.571. The summed E-state index contributed by atoms with van der Waals surface area (Å²) in [6.45, 7) is 9.21. The second kappa shape index (κ2) is 6.99. The first-order valence-corrected chi connectivity index (χ1v) is 5.84. The topological polar surface area (TPSA) is 3.24 Å². The van der Waals surface area contributed by atoms with Crippen molar-refractivity contribution in [1.82, 2.24) is 4.90 Å². The van der Waals surface area contributed by atoms with E-state index >= 15 is 0 Å². The van der Waals surface area contributed by atoms with Crippen LogP contribution < -0.4 is 0 Å². The lowest BCUT2D eigenvalue weighted by molar-refractivity contribution is 0.235. The average molecular weight is 175 g/mol. The van der Waals surface area contributed by atoms with Crippen LogP contribution in [0.2, 0.25) is 0 Å². The van der Waals surface area contributed by atoms with E-state index in [1.807, 2.05) is 11.8 Å². The zero-order chi connectivity index (χ0) is 8.69. The minimum absolute atomic E-state index is 0.710. The first-order chi connectivity index (χ1) is 5.22. The summed E-state index contributed by atoms with van der Waals surface area (Å²) in [5.41, 5.74) is 0. The summed E-state index contributed by atoms with van der Waals surface area (Å²) >= 11 is 1.94. The molecule has 0 aliphatic carbocycles. The first-order valence-electron chi connectivity index (χ1n) is 4.45. The third kappa shape index (κ3) is 5.57. The minimum atomic E-state index is 0.710. The molecule has 1 nitrogen and oxygen atoms in total. The Morgan fingerprint density at radius 2 is 2.00 bits per heavy atom. The monoisotopic (exact) mass is 175 g/mol. The highest BCUT2D eigenvalue weighted by Crippen LogP contribution is 2.01. The van der Waals surface area contributed by atoms with E-state index in [1.165, 1.54) is 25.3 Å². The summed E-state index contributed by atoms with van der Waals surface area (Å²) in [7, 11) is 0. The van der Waals surface area contributed by atoms with Gasteiger partial charge in [-0.05, 0) is 45.4 Å². The first kappa shape index (κ1) is 11.3. The van der Waals surface area contributed by atoms with E-state index in [2.05, 4.69) is 31.9 Å². The van der Waals surface area contributed by atoms with Crippen molar-refractivity contribution < 1.29 is 0 Å². The smallest absolute Gasteiger partial charge is 0.00384 e. The number of nitrogens with zero attached hydrogens (tertiary/aromatic N) is 1. The molecule has 2 heteroatoms. The molecular weight excluding hydrogens is 154 g/mol. The Morgan fingerprint density at radius 3 is 2.36 bits per heavy atom. The Hall–Kier alpha value is 0.310. The van der Waals surface area contributed by atoms with Crippen LogP contribution in [0.3, 0.4) is 0 Å². The van der Waals surface area contributed by atoms with Gasteiger partial charge >= 0.3 is 0 Å². The van der Waals surface area contributed by atoms with Crippen LogP contribution in [0.15, 0.2) is 0 Å². The number of thioether (sulfide) groups is 1. The molecule has 0 aliphatic heterocycles. The highest BCUT2D eigenvalue weighted by atomic mass is 32.2. The van der Waals surface area contributed by atoms with Gasteiger partial charge in [-0.25, -0.2) is 0 Å². The fourth-order valence-corrected chi connectivity index (χ4v) is 1.61. The molecule has 0 saturated heterocycles. The molecule has 0 aromatic rings. The second-order valence-corrected chi connectivity index (χ2v) is 4.05. The molecule has 0 N–H and O–H groups in total. The lowest BCUT2D eigenvalue weighted by atomic mass is 10.3. The van der Waals surface area contributed by atoms with Crippen molar-refractivity contribution in [3.8, 4) is 0 Å². The van der Waals surface area contributed by atoms with Crippen molar-refractivity contribution in [3.05, 3.63) is 0 Å². The van der Waals surface area contributed by atoms with Gasteiger partial charge in [-0.1, -0.05) is 6.92 Å². The molecule has 0 aliphatic rings. The van der Waals surface area contributed by atoms with E-state index in [9.17, 15) is 0 Å². The van der Waals surface area contributed by atoms with E-state index in [-0.39, 0.29) is 0 Å². The molecule has 0 fully saturated rings. The number of hydrogen-bond acceptors (Lipinski definition) is 2. The summed E-state index contributed by atoms with van der Waals surface area (Å²) < 4.78 is 0. The van der Waals surface area contributed by atoms with E-state index in [0.717, 1.165) is 0 Å². The SMILES string of the molecule is CCN(CCCSC)C(C)C. The zero-order valence-corrected chi connectivity index (χ0v) is 9.08. The van der Waals surface area contributed by atoms with Crippen LogP contribution in [0.5, 0.6) is 0 Å². The van der Waals surface area contributed by atoms with Gasteiger partial charge in [0, 0.05) is 6.04 Å². The molecule has 0 aromatic carbocycles.